The van der Waals surface area contributed by atoms with Gasteiger partial charge in [0, 0.05) is 6.04 Å². The molecule has 1 fully saturated rings. The summed E-state index contributed by atoms with van der Waals surface area (Å²) < 4.78 is 0. The van der Waals surface area contributed by atoms with Crippen LogP contribution in [0.25, 0.3) is 0 Å². The zero-order valence-electron chi connectivity index (χ0n) is 16.2. The normalized spacial score (nSPS) is 19.7. The van der Waals surface area contributed by atoms with Crippen LogP contribution in [-0.4, -0.2) is 18.2 Å². The number of hydrogen-bond acceptors (Lipinski definition) is 4. The lowest BCUT2D eigenvalue weighted by molar-refractivity contribution is -0.122. The molecule has 2 aromatic rings. The molecular formula is C22H28N4O. The van der Waals surface area contributed by atoms with Crippen molar-refractivity contribution in [1.29, 1.82) is 0 Å². The van der Waals surface area contributed by atoms with Crippen molar-refractivity contribution in [1.82, 2.24) is 16.3 Å². The third-order valence-electron chi connectivity index (χ3n) is 4.71. The number of nitrogens with zero attached hydrogens (tertiary/aromatic N) is 1. The molecule has 0 spiro atoms. The monoisotopic (exact) mass is 364 g/mol. The van der Waals surface area contributed by atoms with Gasteiger partial charge < -0.3 is 0 Å². The summed E-state index contributed by atoms with van der Waals surface area (Å²) in [7, 11) is 0. The minimum absolute atomic E-state index is 0.120. The predicted octanol–water partition coefficient (Wildman–Crippen LogP) is 3.25. The quantitative estimate of drug-likeness (QED) is 0.544. The standard InChI is InChI=1S/C22H28N4O/c1-15(2)12-17-8-10-19(11-9-17)20-13-21(25-24-20)22(27)26-23-14-18-6-4-16(3)5-7-18/h4-11,14-15,20-21,24-25H,12-13H2,1-3H3,(H,26,27)/b23-14+. The van der Waals surface area contributed by atoms with E-state index in [1.54, 1.807) is 6.21 Å². The number of rotatable bonds is 6. The average molecular weight is 364 g/mol. The Morgan fingerprint density at radius 1 is 1.15 bits per heavy atom. The van der Waals surface area contributed by atoms with Gasteiger partial charge in [0.1, 0.15) is 6.04 Å². The Morgan fingerprint density at radius 2 is 1.85 bits per heavy atom. The van der Waals surface area contributed by atoms with E-state index in [9.17, 15) is 4.79 Å². The highest BCUT2D eigenvalue weighted by Crippen LogP contribution is 2.23. The average Bonchev–Trinajstić information content (AvgIpc) is 3.14. The van der Waals surface area contributed by atoms with Crippen molar-refractivity contribution in [3.8, 4) is 0 Å². The Bertz CT molecular complexity index is 781. The van der Waals surface area contributed by atoms with Gasteiger partial charge in [-0.25, -0.2) is 16.3 Å². The molecule has 0 aromatic heterocycles. The molecule has 3 rings (SSSR count). The van der Waals surface area contributed by atoms with Crippen molar-refractivity contribution >= 4 is 12.1 Å². The van der Waals surface area contributed by atoms with E-state index in [0.717, 1.165) is 12.0 Å². The number of hydrogen-bond donors (Lipinski definition) is 3. The van der Waals surface area contributed by atoms with E-state index in [0.29, 0.717) is 12.3 Å². The van der Waals surface area contributed by atoms with Gasteiger partial charge in [0.15, 0.2) is 0 Å². The molecule has 3 N–H and O–H groups in total. The molecular weight excluding hydrogens is 336 g/mol. The van der Waals surface area contributed by atoms with Crippen molar-refractivity contribution in [2.24, 2.45) is 11.0 Å². The van der Waals surface area contributed by atoms with Gasteiger partial charge in [0.2, 0.25) is 0 Å². The van der Waals surface area contributed by atoms with Crippen LogP contribution in [-0.2, 0) is 11.2 Å². The first-order valence-electron chi connectivity index (χ1n) is 9.51. The minimum atomic E-state index is -0.305. The van der Waals surface area contributed by atoms with Crippen LogP contribution in [0.4, 0.5) is 0 Å². The fourth-order valence-electron chi connectivity index (χ4n) is 3.21. The van der Waals surface area contributed by atoms with Crippen LogP contribution in [0.15, 0.2) is 53.6 Å². The molecule has 1 aliphatic rings. The van der Waals surface area contributed by atoms with Crippen molar-refractivity contribution < 1.29 is 4.79 Å². The summed E-state index contributed by atoms with van der Waals surface area (Å²) in [5.74, 6) is 0.514. The smallest absolute Gasteiger partial charge is 0.258 e. The van der Waals surface area contributed by atoms with Crippen LogP contribution in [0.2, 0.25) is 0 Å². The maximum Gasteiger partial charge on any atom is 0.258 e. The molecule has 0 saturated carbocycles. The molecule has 0 aliphatic carbocycles. The van der Waals surface area contributed by atoms with Gasteiger partial charge in [-0.05, 0) is 42.4 Å². The SMILES string of the molecule is Cc1ccc(/C=N/NC(=O)C2CC(c3ccc(CC(C)C)cc3)NN2)cc1. The molecule has 0 radical (unpaired) electrons. The molecule has 142 valence electrons. The second-order valence-electron chi connectivity index (χ2n) is 7.61. The molecule has 5 heteroatoms. The van der Waals surface area contributed by atoms with Crippen molar-refractivity contribution in [2.45, 2.75) is 45.7 Å². The molecule has 1 amide bonds. The highest BCUT2D eigenvalue weighted by Gasteiger charge is 2.29. The molecule has 2 atom stereocenters. The number of amides is 1. The Balaban J connectivity index is 1.51. The van der Waals surface area contributed by atoms with E-state index in [1.165, 1.54) is 16.7 Å². The second kappa shape index (κ2) is 8.93. The van der Waals surface area contributed by atoms with Gasteiger partial charge in [-0.2, -0.15) is 5.10 Å². The van der Waals surface area contributed by atoms with E-state index < -0.39 is 0 Å². The van der Waals surface area contributed by atoms with Gasteiger partial charge in [-0.1, -0.05) is 67.9 Å². The number of hydrazone groups is 1. The topological polar surface area (TPSA) is 65.5 Å². The number of carbonyl (C=O) groups excluding carboxylic acids is 1. The lowest BCUT2D eigenvalue weighted by atomic mass is 9.97. The first-order valence-corrected chi connectivity index (χ1v) is 9.51. The number of benzene rings is 2. The lowest BCUT2D eigenvalue weighted by Gasteiger charge is -2.11. The van der Waals surface area contributed by atoms with E-state index >= 15 is 0 Å². The van der Waals surface area contributed by atoms with Crippen molar-refractivity contribution in [2.75, 3.05) is 0 Å². The summed E-state index contributed by atoms with van der Waals surface area (Å²) in [4.78, 5) is 12.3. The van der Waals surface area contributed by atoms with Crippen LogP contribution in [0.3, 0.4) is 0 Å². The Labute approximate surface area is 161 Å². The van der Waals surface area contributed by atoms with E-state index in [4.69, 9.17) is 0 Å². The predicted molar refractivity (Wildman–Crippen MR) is 109 cm³/mol. The summed E-state index contributed by atoms with van der Waals surface area (Å²) in [5, 5.41) is 4.06. The van der Waals surface area contributed by atoms with Crippen LogP contribution in [0, 0.1) is 12.8 Å². The molecule has 1 aliphatic heterocycles. The number of carbonyl (C=O) groups is 1. The zero-order valence-corrected chi connectivity index (χ0v) is 16.2. The maximum absolute atomic E-state index is 12.3. The third-order valence-corrected chi connectivity index (χ3v) is 4.71. The molecule has 1 heterocycles. The number of nitrogens with one attached hydrogen (secondary N) is 3. The molecule has 2 aromatic carbocycles. The summed E-state index contributed by atoms with van der Waals surface area (Å²) in [6.45, 7) is 6.48. The van der Waals surface area contributed by atoms with Crippen LogP contribution >= 0.6 is 0 Å². The maximum atomic E-state index is 12.3. The van der Waals surface area contributed by atoms with Crippen LogP contribution in [0.5, 0.6) is 0 Å². The minimum Gasteiger partial charge on any atom is -0.271 e. The van der Waals surface area contributed by atoms with E-state index in [1.807, 2.05) is 31.2 Å². The molecule has 0 bridgehead atoms. The van der Waals surface area contributed by atoms with Crippen LogP contribution in [0.1, 0.15) is 48.6 Å². The first kappa shape index (κ1) is 19.3. The molecule has 1 saturated heterocycles. The fourth-order valence-corrected chi connectivity index (χ4v) is 3.21. The summed E-state index contributed by atoms with van der Waals surface area (Å²) in [5.41, 5.74) is 13.6. The first-order chi connectivity index (χ1) is 13.0. The highest BCUT2D eigenvalue weighted by molar-refractivity contribution is 5.85. The lowest BCUT2D eigenvalue weighted by Crippen LogP contribution is -2.41. The second-order valence-corrected chi connectivity index (χ2v) is 7.61. The van der Waals surface area contributed by atoms with Crippen molar-refractivity contribution in [3.63, 3.8) is 0 Å². The van der Waals surface area contributed by atoms with E-state index in [-0.39, 0.29) is 18.0 Å². The third kappa shape index (κ3) is 5.49. The van der Waals surface area contributed by atoms with Gasteiger partial charge in [0.25, 0.3) is 5.91 Å². The van der Waals surface area contributed by atoms with Gasteiger partial charge in [-0.3, -0.25) is 4.79 Å². The van der Waals surface area contributed by atoms with Gasteiger partial charge >= 0.3 is 0 Å². The zero-order chi connectivity index (χ0) is 19.2. The molecule has 2 unspecified atom stereocenters. The fraction of sp³-hybridized carbons (Fsp3) is 0.364. The summed E-state index contributed by atoms with van der Waals surface area (Å²) >= 11 is 0. The van der Waals surface area contributed by atoms with Crippen molar-refractivity contribution in [3.05, 3.63) is 70.8 Å². The largest absolute Gasteiger partial charge is 0.271 e. The number of aryl methyl sites for hydroxylation is 1. The Hall–Kier alpha value is -2.50. The molecule has 5 nitrogen and oxygen atoms in total. The van der Waals surface area contributed by atoms with Crippen LogP contribution < -0.4 is 16.3 Å². The molecule has 27 heavy (non-hydrogen) atoms. The van der Waals surface area contributed by atoms with E-state index in [2.05, 4.69) is 59.5 Å². The highest BCUT2D eigenvalue weighted by atomic mass is 16.2. The summed E-state index contributed by atoms with van der Waals surface area (Å²) in [6, 6.07) is 16.4. The Kier molecular flexibility index (Phi) is 6.37. The Morgan fingerprint density at radius 3 is 2.52 bits per heavy atom. The summed E-state index contributed by atoms with van der Waals surface area (Å²) in [6.07, 6.45) is 3.43. The van der Waals surface area contributed by atoms with Gasteiger partial charge in [0.05, 0.1) is 6.21 Å². The van der Waals surface area contributed by atoms with Gasteiger partial charge in [-0.15, -0.1) is 0 Å². The number of hydrazine groups is 1.